The van der Waals surface area contributed by atoms with E-state index < -0.39 is 11.0 Å². The summed E-state index contributed by atoms with van der Waals surface area (Å²) in [4.78, 5) is 0. The Bertz CT molecular complexity index is 223. The maximum absolute atomic E-state index is 10.5. The van der Waals surface area contributed by atoms with Gasteiger partial charge in [0, 0.05) is 0 Å². The van der Waals surface area contributed by atoms with Crippen molar-refractivity contribution < 1.29 is 5.11 Å². The van der Waals surface area contributed by atoms with Crippen molar-refractivity contribution in [3.05, 3.63) is 0 Å². The summed E-state index contributed by atoms with van der Waals surface area (Å²) in [7, 11) is 0. The predicted octanol–water partition coefficient (Wildman–Crippen LogP) is 3.01. The quantitative estimate of drug-likeness (QED) is 0.688. The lowest BCUT2D eigenvalue weighted by Gasteiger charge is -2.39. The third-order valence-electron chi connectivity index (χ3n) is 3.91. The second-order valence-electron chi connectivity index (χ2n) is 4.74. The molecule has 1 aliphatic rings. The Morgan fingerprint density at radius 3 is 2.14 bits per heavy atom. The molecule has 2 nitrogen and oxygen atoms in total. The van der Waals surface area contributed by atoms with Crippen LogP contribution in [0.15, 0.2) is 0 Å². The van der Waals surface area contributed by atoms with Crippen LogP contribution < -0.4 is 0 Å². The van der Waals surface area contributed by atoms with E-state index in [1.165, 1.54) is 12.8 Å². The zero-order valence-electron chi connectivity index (χ0n) is 9.34. The van der Waals surface area contributed by atoms with Gasteiger partial charge in [-0.15, -0.1) is 0 Å². The number of hydrogen-bond donors (Lipinski definition) is 1. The van der Waals surface area contributed by atoms with Crippen LogP contribution in [-0.2, 0) is 0 Å². The predicted molar refractivity (Wildman–Crippen MR) is 56.7 cm³/mol. The summed E-state index contributed by atoms with van der Waals surface area (Å²) in [5.74, 6) is 0. The molecule has 0 aromatic carbocycles. The maximum Gasteiger partial charge on any atom is 0.0830 e. The highest BCUT2D eigenvalue weighted by Crippen LogP contribution is 2.43. The zero-order chi connectivity index (χ0) is 10.7. The first kappa shape index (κ1) is 11.5. The van der Waals surface area contributed by atoms with E-state index in [4.69, 9.17) is 0 Å². The largest absolute Gasteiger partial charge is 0.388 e. The first-order valence-corrected chi connectivity index (χ1v) is 5.71. The van der Waals surface area contributed by atoms with Gasteiger partial charge in [-0.1, -0.05) is 32.6 Å². The van der Waals surface area contributed by atoms with Crippen LogP contribution in [0.1, 0.15) is 58.8 Å². The molecule has 0 saturated heterocycles. The topological polar surface area (TPSA) is 44.0 Å². The molecule has 0 heterocycles. The summed E-state index contributed by atoms with van der Waals surface area (Å²) < 4.78 is 0. The molecule has 1 N–H and O–H groups in total. The van der Waals surface area contributed by atoms with Gasteiger partial charge in [0.2, 0.25) is 0 Å². The SMILES string of the molecule is CCC(C)(C#N)C1(O)CCCCCC1. The number of nitriles is 1. The average Bonchev–Trinajstić information content (AvgIpc) is 2.43. The van der Waals surface area contributed by atoms with Crippen molar-refractivity contribution in [1.82, 2.24) is 0 Å². The van der Waals surface area contributed by atoms with Crippen LogP contribution in [0.4, 0.5) is 0 Å². The third kappa shape index (κ3) is 1.93. The molecule has 0 amide bonds. The van der Waals surface area contributed by atoms with Crippen molar-refractivity contribution in [2.24, 2.45) is 5.41 Å². The van der Waals surface area contributed by atoms with Gasteiger partial charge in [0.25, 0.3) is 0 Å². The lowest BCUT2D eigenvalue weighted by atomic mass is 9.68. The molecule has 1 atom stereocenters. The molecule has 0 spiro atoms. The summed E-state index contributed by atoms with van der Waals surface area (Å²) in [6.07, 6.45) is 6.86. The number of rotatable bonds is 2. The van der Waals surface area contributed by atoms with E-state index in [9.17, 15) is 10.4 Å². The molecule has 1 saturated carbocycles. The van der Waals surface area contributed by atoms with Crippen molar-refractivity contribution in [2.75, 3.05) is 0 Å². The van der Waals surface area contributed by atoms with Gasteiger partial charge in [0.05, 0.1) is 17.1 Å². The second kappa shape index (κ2) is 4.31. The summed E-state index contributed by atoms with van der Waals surface area (Å²) >= 11 is 0. The summed E-state index contributed by atoms with van der Waals surface area (Å²) in [6, 6.07) is 2.32. The number of nitrogens with zero attached hydrogens (tertiary/aromatic N) is 1. The number of hydrogen-bond acceptors (Lipinski definition) is 2. The van der Waals surface area contributed by atoms with Gasteiger partial charge in [-0.2, -0.15) is 5.26 Å². The van der Waals surface area contributed by atoms with Gasteiger partial charge in [-0.3, -0.25) is 0 Å². The minimum atomic E-state index is -0.743. The van der Waals surface area contributed by atoms with Crippen molar-refractivity contribution in [3.8, 4) is 6.07 Å². The Hall–Kier alpha value is -0.550. The molecule has 0 aromatic rings. The average molecular weight is 195 g/mol. The minimum Gasteiger partial charge on any atom is -0.388 e. The molecule has 0 aromatic heterocycles. The lowest BCUT2D eigenvalue weighted by molar-refractivity contribution is -0.0610. The molecule has 80 valence electrons. The first-order chi connectivity index (χ1) is 6.58. The highest BCUT2D eigenvalue weighted by molar-refractivity contribution is 5.08. The fraction of sp³-hybridized carbons (Fsp3) is 0.917. The lowest BCUT2D eigenvalue weighted by Crippen LogP contribution is -2.45. The van der Waals surface area contributed by atoms with Gasteiger partial charge in [-0.05, 0) is 26.2 Å². The smallest absolute Gasteiger partial charge is 0.0830 e. The Balaban J connectivity index is 2.85. The van der Waals surface area contributed by atoms with Gasteiger partial charge in [0.1, 0.15) is 0 Å². The van der Waals surface area contributed by atoms with Crippen molar-refractivity contribution in [3.63, 3.8) is 0 Å². The minimum absolute atomic E-state index is 0.558. The highest BCUT2D eigenvalue weighted by atomic mass is 16.3. The van der Waals surface area contributed by atoms with Crippen LogP contribution in [0.2, 0.25) is 0 Å². The maximum atomic E-state index is 10.5. The van der Waals surface area contributed by atoms with Crippen molar-refractivity contribution in [2.45, 2.75) is 64.4 Å². The molecular formula is C12H21NO. The first-order valence-electron chi connectivity index (χ1n) is 5.71. The second-order valence-corrected chi connectivity index (χ2v) is 4.74. The third-order valence-corrected chi connectivity index (χ3v) is 3.91. The van der Waals surface area contributed by atoms with Crippen LogP contribution >= 0.6 is 0 Å². The zero-order valence-corrected chi connectivity index (χ0v) is 9.34. The van der Waals surface area contributed by atoms with E-state index in [0.29, 0.717) is 0 Å². The van der Waals surface area contributed by atoms with E-state index >= 15 is 0 Å². The molecule has 0 aliphatic heterocycles. The van der Waals surface area contributed by atoms with E-state index in [2.05, 4.69) is 6.07 Å². The van der Waals surface area contributed by atoms with Crippen LogP contribution in [0.5, 0.6) is 0 Å². The molecule has 1 rings (SSSR count). The Morgan fingerprint density at radius 2 is 1.79 bits per heavy atom. The fourth-order valence-corrected chi connectivity index (χ4v) is 2.38. The molecule has 1 aliphatic carbocycles. The summed E-state index contributed by atoms with van der Waals surface area (Å²) in [5.41, 5.74) is -1.30. The van der Waals surface area contributed by atoms with Crippen LogP contribution in [-0.4, -0.2) is 10.7 Å². The molecule has 1 fully saturated rings. The monoisotopic (exact) mass is 195 g/mol. The standard InChI is InChI=1S/C12H21NO/c1-3-11(2,10-13)12(14)8-6-4-5-7-9-12/h14H,3-9H2,1-2H3. The molecule has 14 heavy (non-hydrogen) atoms. The van der Waals surface area contributed by atoms with Gasteiger partial charge < -0.3 is 5.11 Å². The van der Waals surface area contributed by atoms with E-state index in [0.717, 1.165) is 32.1 Å². The van der Waals surface area contributed by atoms with Gasteiger partial charge in [-0.25, -0.2) is 0 Å². The van der Waals surface area contributed by atoms with Crippen molar-refractivity contribution >= 4 is 0 Å². The van der Waals surface area contributed by atoms with Crippen LogP contribution in [0.25, 0.3) is 0 Å². The molecule has 0 radical (unpaired) electrons. The Labute approximate surface area is 86.9 Å². The molecule has 1 unspecified atom stereocenters. The molecule has 0 bridgehead atoms. The fourth-order valence-electron chi connectivity index (χ4n) is 2.38. The van der Waals surface area contributed by atoms with E-state index in [1.807, 2.05) is 13.8 Å². The van der Waals surface area contributed by atoms with E-state index in [1.54, 1.807) is 0 Å². The summed E-state index contributed by atoms with van der Waals surface area (Å²) in [6.45, 7) is 3.89. The molecular weight excluding hydrogens is 174 g/mol. The van der Waals surface area contributed by atoms with Gasteiger partial charge in [0.15, 0.2) is 0 Å². The van der Waals surface area contributed by atoms with Gasteiger partial charge >= 0.3 is 0 Å². The summed E-state index contributed by atoms with van der Waals surface area (Å²) in [5, 5.41) is 19.7. The normalized spacial score (nSPS) is 25.9. The highest BCUT2D eigenvalue weighted by Gasteiger charge is 2.45. The van der Waals surface area contributed by atoms with E-state index in [-0.39, 0.29) is 0 Å². The van der Waals surface area contributed by atoms with Crippen LogP contribution in [0.3, 0.4) is 0 Å². The van der Waals surface area contributed by atoms with Crippen molar-refractivity contribution in [1.29, 1.82) is 5.26 Å². The Morgan fingerprint density at radius 1 is 1.29 bits per heavy atom. The molecule has 2 heteroatoms. The Kier molecular flexibility index (Phi) is 3.55. The number of aliphatic hydroxyl groups is 1. The van der Waals surface area contributed by atoms with Crippen LogP contribution in [0, 0.1) is 16.7 Å².